The number of carbonyl (C=O) groups excluding carboxylic acids is 2. The van der Waals surface area contributed by atoms with Crippen LogP contribution < -0.4 is 5.32 Å². The molecule has 11 heteroatoms. The number of amides is 2. The average molecular weight is 652 g/mol. The minimum atomic E-state index is -0.938. The lowest BCUT2D eigenvalue weighted by atomic mass is 9.94. The van der Waals surface area contributed by atoms with E-state index in [1.165, 1.54) is 42.5 Å². The van der Waals surface area contributed by atoms with E-state index >= 15 is 0 Å². The SMILES string of the molecule is CCC(C)CN(CCOC1CCCC(OCc2cccc(C)c2C(=O)O)C1)C(=O)Nc1ccc(F)cc1.O=C=Nc1ccc(F)cc1. The highest BCUT2D eigenvalue weighted by Gasteiger charge is 2.25. The van der Waals surface area contributed by atoms with Crippen molar-refractivity contribution in [1.82, 2.24) is 4.90 Å². The minimum absolute atomic E-state index is 0.00102. The number of urea groups is 1. The number of carboxylic acids is 1. The first kappa shape index (κ1) is 37.0. The lowest BCUT2D eigenvalue weighted by Crippen LogP contribution is -2.41. The second-order valence-electron chi connectivity index (χ2n) is 11.6. The number of hydrogen-bond acceptors (Lipinski definition) is 6. The molecule has 4 rings (SSSR count). The van der Waals surface area contributed by atoms with Gasteiger partial charge >= 0.3 is 12.0 Å². The van der Waals surface area contributed by atoms with E-state index in [2.05, 4.69) is 24.2 Å². The quantitative estimate of drug-likeness (QED) is 0.143. The van der Waals surface area contributed by atoms with Gasteiger partial charge in [-0.05, 0) is 98.2 Å². The van der Waals surface area contributed by atoms with Crippen molar-refractivity contribution >= 4 is 29.5 Å². The molecule has 1 saturated carbocycles. The van der Waals surface area contributed by atoms with E-state index in [9.17, 15) is 28.3 Å². The fourth-order valence-electron chi connectivity index (χ4n) is 5.18. The summed E-state index contributed by atoms with van der Waals surface area (Å²) in [4.78, 5) is 39.3. The summed E-state index contributed by atoms with van der Waals surface area (Å²) in [7, 11) is 0. The third-order valence-electron chi connectivity index (χ3n) is 7.95. The van der Waals surface area contributed by atoms with Crippen LogP contribution in [-0.4, -0.2) is 60.0 Å². The zero-order chi connectivity index (χ0) is 34.2. The number of carbonyl (C=O) groups is 2. The van der Waals surface area contributed by atoms with Crippen molar-refractivity contribution in [2.24, 2.45) is 10.9 Å². The summed E-state index contributed by atoms with van der Waals surface area (Å²) >= 11 is 0. The molecule has 252 valence electrons. The van der Waals surface area contributed by atoms with E-state index < -0.39 is 5.97 Å². The Morgan fingerprint density at radius 3 is 2.28 bits per heavy atom. The van der Waals surface area contributed by atoms with Crippen LogP contribution in [0.1, 0.15) is 67.4 Å². The van der Waals surface area contributed by atoms with Crippen molar-refractivity contribution in [3.63, 3.8) is 0 Å². The van der Waals surface area contributed by atoms with Crippen molar-refractivity contribution in [3.8, 4) is 0 Å². The minimum Gasteiger partial charge on any atom is -0.478 e. The molecule has 1 aliphatic rings. The van der Waals surface area contributed by atoms with Crippen molar-refractivity contribution in [1.29, 1.82) is 0 Å². The molecule has 2 N–H and O–H groups in total. The van der Waals surface area contributed by atoms with Crippen LogP contribution in [0, 0.1) is 24.5 Å². The van der Waals surface area contributed by atoms with Gasteiger partial charge in [0.05, 0.1) is 36.7 Å². The molecule has 0 heterocycles. The van der Waals surface area contributed by atoms with Crippen molar-refractivity contribution in [3.05, 3.63) is 95.1 Å². The van der Waals surface area contributed by atoms with Crippen molar-refractivity contribution in [2.75, 3.05) is 25.0 Å². The number of halogens is 2. The molecule has 0 saturated heterocycles. The van der Waals surface area contributed by atoms with Gasteiger partial charge in [0.25, 0.3) is 0 Å². The Labute approximate surface area is 274 Å². The Bertz CT molecular complexity index is 1480. The maximum Gasteiger partial charge on any atom is 0.336 e. The molecule has 0 spiro atoms. The second kappa shape index (κ2) is 19.3. The summed E-state index contributed by atoms with van der Waals surface area (Å²) in [5.41, 5.74) is 2.68. The summed E-state index contributed by atoms with van der Waals surface area (Å²) in [6, 6.07) is 16.2. The van der Waals surface area contributed by atoms with Gasteiger partial charge in [0.2, 0.25) is 6.08 Å². The summed E-state index contributed by atoms with van der Waals surface area (Å²) < 4.78 is 37.7. The number of aromatic carboxylic acids is 1. The van der Waals surface area contributed by atoms with Gasteiger partial charge in [-0.2, -0.15) is 4.99 Å². The number of nitrogens with one attached hydrogen (secondary N) is 1. The molecule has 3 atom stereocenters. The van der Waals surface area contributed by atoms with Crippen LogP contribution in [0.5, 0.6) is 0 Å². The molecular weight excluding hydrogens is 608 g/mol. The first-order chi connectivity index (χ1) is 22.6. The third-order valence-corrected chi connectivity index (χ3v) is 7.95. The molecule has 3 aromatic rings. The fraction of sp³-hybridized carbons (Fsp3) is 0.417. The molecule has 3 aromatic carbocycles. The Hall–Kier alpha value is -4.44. The van der Waals surface area contributed by atoms with Crippen LogP contribution in [0.15, 0.2) is 71.7 Å². The van der Waals surface area contributed by atoms with Crippen LogP contribution >= 0.6 is 0 Å². The van der Waals surface area contributed by atoms with Crippen molar-refractivity contribution < 1.29 is 37.7 Å². The molecule has 9 nitrogen and oxygen atoms in total. The maximum atomic E-state index is 13.2. The predicted molar refractivity (Wildman–Crippen MR) is 176 cm³/mol. The number of aryl methyl sites for hydroxylation is 1. The first-order valence-corrected chi connectivity index (χ1v) is 15.8. The summed E-state index contributed by atoms with van der Waals surface area (Å²) in [5, 5.41) is 12.4. The van der Waals surface area contributed by atoms with Gasteiger partial charge < -0.3 is 24.8 Å². The predicted octanol–water partition coefficient (Wildman–Crippen LogP) is 8.05. The van der Waals surface area contributed by atoms with Crippen LogP contribution in [0.3, 0.4) is 0 Å². The Kier molecular flexibility index (Phi) is 15.2. The highest BCUT2D eigenvalue weighted by Crippen LogP contribution is 2.26. The number of anilines is 1. The standard InChI is InChI=1S/C29H39FN2O5.C7H4FNO/c1-4-20(2)18-32(29(35)31-24-13-11-23(30)12-14-24)15-16-36-25-9-6-10-26(17-25)37-19-22-8-5-7-21(3)27(22)28(33)34;8-6-1-3-7(4-2-6)9-5-10/h5,7-8,11-14,20,25-26H,4,6,9-10,15-19H2,1-3H3,(H,31,35)(H,33,34);1-4H. The van der Waals surface area contributed by atoms with Crippen molar-refractivity contribution in [2.45, 2.75) is 71.7 Å². The lowest BCUT2D eigenvalue weighted by molar-refractivity contribution is -0.0525. The van der Waals surface area contributed by atoms with E-state index in [-0.39, 0.29) is 36.5 Å². The number of isocyanates is 1. The van der Waals surface area contributed by atoms with Gasteiger partial charge in [-0.3, -0.25) is 0 Å². The molecule has 47 heavy (non-hydrogen) atoms. The zero-order valence-electron chi connectivity index (χ0n) is 27.1. The van der Waals surface area contributed by atoms with E-state index in [0.717, 1.165) is 37.7 Å². The molecule has 1 aliphatic carbocycles. The molecule has 0 bridgehead atoms. The molecule has 0 aliphatic heterocycles. The van der Waals surface area contributed by atoms with Gasteiger partial charge in [-0.25, -0.2) is 23.2 Å². The second-order valence-corrected chi connectivity index (χ2v) is 11.6. The molecule has 2 amide bonds. The van der Waals surface area contributed by atoms with Crippen LogP contribution in [-0.2, 0) is 20.9 Å². The van der Waals surface area contributed by atoms with Gasteiger partial charge in [-0.15, -0.1) is 0 Å². The number of carboxylic acid groups (broad SMARTS) is 1. The van der Waals surface area contributed by atoms with E-state index in [1.54, 1.807) is 36.1 Å². The van der Waals surface area contributed by atoms with E-state index in [4.69, 9.17) is 9.47 Å². The molecular formula is C36H43F2N3O6. The molecule has 3 unspecified atom stereocenters. The highest BCUT2D eigenvalue weighted by molar-refractivity contribution is 5.91. The number of rotatable bonds is 13. The lowest BCUT2D eigenvalue weighted by Gasteiger charge is -2.31. The van der Waals surface area contributed by atoms with E-state index in [1.807, 2.05) is 6.07 Å². The number of ether oxygens (including phenoxy) is 2. The monoisotopic (exact) mass is 651 g/mol. The average Bonchev–Trinajstić information content (AvgIpc) is 3.05. The topological polar surface area (TPSA) is 118 Å². The normalized spacial score (nSPS) is 16.2. The van der Waals surface area contributed by atoms with Gasteiger partial charge in [0, 0.05) is 18.8 Å². The third kappa shape index (κ3) is 12.7. The zero-order valence-corrected chi connectivity index (χ0v) is 27.1. The smallest absolute Gasteiger partial charge is 0.336 e. The number of nitrogens with zero attached hydrogens (tertiary/aromatic N) is 2. The van der Waals surface area contributed by atoms with Gasteiger partial charge in [0.1, 0.15) is 11.6 Å². The first-order valence-electron chi connectivity index (χ1n) is 15.8. The van der Waals surface area contributed by atoms with Crippen LogP contribution in [0.4, 0.5) is 25.0 Å². The fourth-order valence-corrected chi connectivity index (χ4v) is 5.18. The van der Waals surface area contributed by atoms with E-state index in [0.29, 0.717) is 48.1 Å². The number of hydrogen-bond donors (Lipinski definition) is 2. The van der Waals surface area contributed by atoms with Crippen LogP contribution in [0.25, 0.3) is 0 Å². The largest absolute Gasteiger partial charge is 0.478 e. The Balaban J connectivity index is 0.000000511. The number of aliphatic imine (C=N–C) groups is 1. The maximum absolute atomic E-state index is 13.2. The van der Waals surface area contributed by atoms with Crippen LogP contribution in [0.2, 0.25) is 0 Å². The summed E-state index contributed by atoms with van der Waals surface area (Å²) in [6.45, 7) is 7.71. The molecule has 0 aromatic heterocycles. The van der Waals surface area contributed by atoms with Gasteiger partial charge in [-0.1, -0.05) is 38.5 Å². The summed E-state index contributed by atoms with van der Waals surface area (Å²) in [5.74, 6) is -1.29. The molecule has 0 radical (unpaired) electrons. The number of benzene rings is 3. The Morgan fingerprint density at radius 1 is 1.02 bits per heavy atom. The molecule has 1 fully saturated rings. The highest BCUT2D eigenvalue weighted by atomic mass is 19.1. The Morgan fingerprint density at radius 2 is 1.66 bits per heavy atom. The van der Waals surface area contributed by atoms with Gasteiger partial charge in [0.15, 0.2) is 0 Å². The summed E-state index contributed by atoms with van der Waals surface area (Å²) in [6.07, 6.45) is 5.88.